The van der Waals surface area contributed by atoms with Crippen molar-refractivity contribution < 1.29 is 29.0 Å². The number of carbonyl (C=O) groups excluding carboxylic acids is 4. The topological polar surface area (TPSA) is 151 Å². The Kier molecular flexibility index (Phi) is 9.49. The Morgan fingerprint density at radius 1 is 1.12 bits per heavy atom. The molecule has 1 aromatic rings. The number of hydrogen-bond donors (Lipinski definition) is 4. The molecule has 0 saturated carbocycles. The van der Waals surface area contributed by atoms with E-state index in [4.69, 9.17) is 16.9 Å². The van der Waals surface area contributed by atoms with Crippen molar-refractivity contribution in [3.63, 3.8) is 0 Å². The number of carbonyl (C=O) groups is 4. The Morgan fingerprint density at radius 3 is 2.12 bits per heavy atom. The lowest BCUT2D eigenvalue weighted by atomic mass is 10.0. The molecule has 5 N–H and O–H groups in total. The molecule has 2 unspecified atom stereocenters. The number of hydrogen-bond acceptors (Lipinski definition) is 6. The lowest BCUT2D eigenvalue weighted by Gasteiger charge is -2.32. The van der Waals surface area contributed by atoms with Crippen LogP contribution < -0.4 is 16.4 Å². The third-order valence-corrected chi connectivity index (χ3v) is 4.26. The van der Waals surface area contributed by atoms with Gasteiger partial charge in [-0.2, -0.15) is 0 Å². The fourth-order valence-electron chi connectivity index (χ4n) is 2.94. The third-order valence-electron chi connectivity index (χ3n) is 4.26. The van der Waals surface area contributed by atoms with E-state index in [1.54, 1.807) is 41.5 Å². The summed E-state index contributed by atoms with van der Waals surface area (Å²) >= 11 is 0. The van der Waals surface area contributed by atoms with E-state index in [9.17, 15) is 24.3 Å². The maximum atomic E-state index is 13.5. The maximum Gasteiger partial charge on any atom is 0.408 e. The van der Waals surface area contributed by atoms with Crippen molar-refractivity contribution >= 4 is 23.8 Å². The highest BCUT2D eigenvalue weighted by atomic mass is 16.6. The molecule has 0 radical (unpaired) electrons. The van der Waals surface area contributed by atoms with Gasteiger partial charge >= 0.3 is 6.09 Å². The van der Waals surface area contributed by atoms with Crippen LogP contribution in [0, 0.1) is 12.5 Å². The number of benzene rings is 1. The second kappa shape index (κ2) is 11.4. The van der Waals surface area contributed by atoms with Gasteiger partial charge in [0.05, 0.1) is 0 Å². The van der Waals surface area contributed by atoms with Crippen molar-refractivity contribution in [3.05, 3.63) is 29.8 Å². The van der Waals surface area contributed by atoms with Crippen LogP contribution >= 0.6 is 0 Å². The fourth-order valence-corrected chi connectivity index (χ4v) is 2.94. The Morgan fingerprint density at radius 2 is 1.68 bits per heavy atom. The van der Waals surface area contributed by atoms with Gasteiger partial charge in [-0.25, -0.2) is 4.79 Å². The van der Waals surface area contributed by atoms with Crippen LogP contribution in [-0.4, -0.2) is 51.0 Å². The van der Waals surface area contributed by atoms with Crippen molar-refractivity contribution in [1.29, 1.82) is 0 Å². The second-order valence-corrected chi connectivity index (χ2v) is 9.77. The number of ether oxygens (including phenoxy) is 1. The standard InChI is InChI=1S/C24H34N4O6/c1-8-28(19(20(31)27-23(2,3)4)15-9-11-16(29)12-10-15)21(32)17(13-14-18(25)30)26-22(33)34-24(5,6)7/h1,9-12,17,19,29H,13-14H2,2-7H3,(H2,25,30)(H,26,33)(H,27,31). The van der Waals surface area contributed by atoms with E-state index in [0.29, 0.717) is 5.56 Å². The largest absolute Gasteiger partial charge is 0.508 e. The van der Waals surface area contributed by atoms with Crippen molar-refractivity contribution in [2.75, 3.05) is 0 Å². The molecule has 1 aromatic carbocycles. The van der Waals surface area contributed by atoms with E-state index in [0.717, 1.165) is 4.90 Å². The average molecular weight is 475 g/mol. The van der Waals surface area contributed by atoms with E-state index in [-0.39, 0.29) is 18.6 Å². The summed E-state index contributed by atoms with van der Waals surface area (Å²) in [5.74, 6) is -2.10. The molecule has 4 amide bonds. The van der Waals surface area contributed by atoms with Gasteiger partial charge in [-0.3, -0.25) is 19.3 Å². The van der Waals surface area contributed by atoms with Gasteiger partial charge in [0.2, 0.25) is 11.8 Å². The predicted molar refractivity (Wildman–Crippen MR) is 126 cm³/mol. The molecule has 0 fully saturated rings. The molecule has 34 heavy (non-hydrogen) atoms. The maximum absolute atomic E-state index is 13.5. The summed E-state index contributed by atoms with van der Waals surface area (Å²) in [5.41, 5.74) is 4.08. The molecule has 186 valence electrons. The van der Waals surface area contributed by atoms with Crippen LogP contribution in [0.5, 0.6) is 5.75 Å². The normalized spacial score (nSPS) is 13.1. The quantitative estimate of drug-likeness (QED) is 0.334. The number of nitrogens with one attached hydrogen (secondary N) is 2. The van der Waals surface area contributed by atoms with Gasteiger partial charge in [-0.15, -0.1) is 0 Å². The molecular weight excluding hydrogens is 440 g/mol. The number of alkyl carbamates (subject to hydrolysis) is 1. The molecule has 10 nitrogen and oxygen atoms in total. The molecule has 0 aliphatic rings. The summed E-state index contributed by atoms with van der Waals surface area (Å²) in [6, 6.07) is 5.28. The molecule has 0 aliphatic heterocycles. The predicted octanol–water partition coefficient (Wildman–Crippen LogP) is 1.93. The molecule has 1 rings (SSSR count). The van der Waals surface area contributed by atoms with Crippen LogP contribution in [0.2, 0.25) is 0 Å². The molecule has 0 spiro atoms. The first kappa shape index (κ1) is 28.3. The number of rotatable bonds is 8. The number of aromatic hydroxyl groups is 1. The van der Waals surface area contributed by atoms with Crippen LogP contribution in [0.1, 0.15) is 66.0 Å². The van der Waals surface area contributed by atoms with Crippen molar-refractivity contribution in [2.24, 2.45) is 5.73 Å². The van der Waals surface area contributed by atoms with E-state index < -0.39 is 47.0 Å². The number of primary amides is 1. The Balaban J connectivity index is 3.39. The van der Waals surface area contributed by atoms with Crippen molar-refractivity contribution in [3.8, 4) is 18.2 Å². The van der Waals surface area contributed by atoms with Gasteiger partial charge in [0.15, 0.2) is 0 Å². The van der Waals surface area contributed by atoms with Crippen LogP contribution in [0.15, 0.2) is 24.3 Å². The van der Waals surface area contributed by atoms with E-state index in [1.165, 1.54) is 24.3 Å². The van der Waals surface area contributed by atoms with Crippen molar-refractivity contribution in [2.45, 2.75) is 77.6 Å². The summed E-state index contributed by atoms with van der Waals surface area (Å²) in [7, 11) is 0. The first-order valence-corrected chi connectivity index (χ1v) is 10.7. The SMILES string of the molecule is C#CN(C(=O)C(CCC(N)=O)NC(=O)OC(C)(C)C)C(C(=O)NC(C)(C)C)c1ccc(O)cc1. The number of phenols is 1. The van der Waals surface area contributed by atoms with Gasteiger partial charge < -0.3 is 26.2 Å². The van der Waals surface area contributed by atoms with Crippen LogP contribution in [-0.2, 0) is 19.1 Å². The van der Waals surface area contributed by atoms with Crippen molar-refractivity contribution in [1.82, 2.24) is 15.5 Å². The molecule has 0 aromatic heterocycles. The summed E-state index contributed by atoms with van der Waals surface area (Å²) in [5, 5.41) is 14.8. The van der Waals surface area contributed by atoms with Gasteiger partial charge in [0.1, 0.15) is 23.4 Å². The second-order valence-electron chi connectivity index (χ2n) is 9.77. The van der Waals surface area contributed by atoms with Gasteiger partial charge in [-0.05, 0) is 65.7 Å². The van der Waals surface area contributed by atoms with Crippen LogP contribution in [0.4, 0.5) is 4.79 Å². The molecule has 2 atom stereocenters. The van der Waals surface area contributed by atoms with E-state index in [2.05, 4.69) is 16.7 Å². The first-order valence-electron chi connectivity index (χ1n) is 10.7. The number of nitrogens with zero attached hydrogens (tertiary/aromatic N) is 1. The lowest BCUT2D eigenvalue weighted by molar-refractivity contribution is -0.139. The summed E-state index contributed by atoms with van der Waals surface area (Å²) < 4.78 is 5.21. The van der Waals surface area contributed by atoms with Crippen LogP contribution in [0.3, 0.4) is 0 Å². The fraction of sp³-hybridized carbons (Fsp3) is 0.500. The van der Waals surface area contributed by atoms with Crippen LogP contribution in [0.25, 0.3) is 0 Å². The van der Waals surface area contributed by atoms with Gasteiger partial charge in [0.25, 0.3) is 5.91 Å². The minimum absolute atomic E-state index is 0.0387. The summed E-state index contributed by atoms with van der Waals surface area (Å²) in [4.78, 5) is 51.2. The highest BCUT2D eigenvalue weighted by Crippen LogP contribution is 2.25. The number of terminal acetylenes is 1. The molecule has 10 heteroatoms. The monoisotopic (exact) mass is 474 g/mol. The molecule has 0 saturated heterocycles. The molecular formula is C24H34N4O6. The van der Waals surface area contributed by atoms with Gasteiger partial charge in [0, 0.05) is 18.0 Å². The zero-order valence-electron chi connectivity index (χ0n) is 20.5. The number of phenolic OH excluding ortho intramolecular Hbond substituents is 1. The molecule has 0 bridgehead atoms. The number of amides is 4. The lowest BCUT2D eigenvalue weighted by Crippen LogP contribution is -2.53. The summed E-state index contributed by atoms with van der Waals surface area (Å²) in [6.45, 7) is 10.2. The third kappa shape index (κ3) is 9.40. The Bertz CT molecular complexity index is 938. The zero-order chi connectivity index (χ0) is 26.3. The van der Waals surface area contributed by atoms with Gasteiger partial charge in [-0.1, -0.05) is 18.6 Å². The minimum Gasteiger partial charge on any atom is -0.508 e. The summed E-state index contributed by atoms with van der Waals surface area (Å²) in [6.07, 6.45) is 4.39. The minimum atomic E-state index is -1.29. The highest BCUT2D eigenvalue weighted by molar-refractivity contribution is 5.93. The Hall–Kier alpha value is -3.74. The zero-order valence-corrected chi connectivity index (χ0v) is 20.5. The Labute approximate surface area is 200 Å². The highest BCUT2D eigenvalue weighted by Gasteiger charge is 2.37. The number of nitrogens with two attached hydrogens (primary N) is 1. The van der Waals surface area contributed by atoms with E-state index >= 15 is 0 Å². The first-order chi connectivity index (χ1) is 15.5. The molecule has 0 heterocycles. The average Bonchev–Trinajstić information content (AvgIpc) is 2.66. The smallest absolute Gasteiger partial charge is 0.408 e. The van der Waals surface area contributed by atoms with E-state index in [1.807, 2.05) is 0 Å². The molecule has 0 aliphatic carbocycles.